The highest BCUT2D eigenvalue weighted by Gasteiger charge is 2.75. The molecule has 3 saturated heterocycles. The van der Waals surface area contributed by atoms with Gasteiger partial charge in [-0.1, -0.05) is 29.8 Å². The van der Waals surface area contributed by atoms with Crippen LogP contribution in [0, 0.1) is 18.8 Å². The van der Waals surface area contributed by atoms with E-state index in [-0.39, 0.29) is 38.1 Å². The highest BCUT2D eigenvalue weighted by molar-refractivity contribution is 6.34. The summed E-state index contributed by atoms with van der Waals surface area (Å²) in [6.07, 6.45) is 3.26. The third-order valence-corrected chi connectivity index (χ3v) is 7.74. The Bertz CT molecular complexity index is 995. The van der Waals surface area contributed by atoms with E-state index in [1.165, 1.54) is 0 Å². The number of anilines is 1. The van der Waals surface area contributed by atoms with E-state index in [0.29, 0.717) is 36.4 Å². The molecule has 3 fully saturated rings. The number of para-hydroxylation sites is 1. The lowest BCUT2D eigenvalue weighted by molar-refractivity contribution is -0.154. The van der Waals surface area contributed by atoms with Crippen LogP contribution in [0.25, 0.3) is 0 Å². The number of unbranched alkanes of at least 4 members (excludes halogenated alkanes) is 1. The number of esters is 1. The van der Waals surface area contributed by atoms with Crippen LogP contribution in [0.3, 0.4) is 0 Å². The average Bonchev–Trinajstić information content (AvgIpc) is 3.46. The minimum atomic E-state index is -1.11. The summed E-state index contributed by atoms with van der Waals surface area (Å²) in [7, 11) is 0. The second-order valence-corrected chi connectivity index (χ2v) is 9.82. The van der Waals surface area contributed by atoms with Crippen molar-refractivity contribution >= 4 is 35.1 Å². The van der Waals surface area contributed by atoms with Crippen molar-refractivity contribution in [2.24, 2.45) is 11.8 Å². The summed E-state index contributed by atoms with van der Waals surface area (Å²) in [6.45, 7) is 8.09. The number of benzene rings is 1. The molecular formula is C26H33ClN2O6. The van der Waals surface area contributed by atoms with Crippen molar-refractivity contribution in [2.45, 2.75) is 57.3 Å². The molecule has 0 aromatic heterocycles. The minimum absolute atomic E-state index is 0.0132. The largest absolute Gasteiger partial charge is 0.466 e. The van der Waals surface area contributed by atoms with Gasteiger partial charge in [-0.2, -0.15) is 0 Å². The van der Waals surface area contributed by atoms with Gasteiger partial charge < -0.3 is 24.4 Å². The van der Waals surface area contributed by atoms with Crippen LogP contribution in [0.5, 0.6) is 0 Å². The Kier molecular flexibility index (Phi) is 7.54. The highest BCUT2D eigenvalue weighted by atomic mass is 35.5. The Morgan fingerprint density at radius 2 is 2.17 bits per heavy atom. The van der Waals surface area contributed by atoms with Crippen molar-refractivity contribution in [1.29, 1.82) is 0 Å². The minimum Gasteiger partial charge on any atom is -0.466 e. The maximum atomic E-state index is 14.3. The molecule has 2 amide bonds. The van der Waals surface area contributed by atoms with Crippen molar-refractivity contribution in [3.63, 3.8) is 0 Å². The van der Waals surface area contributed by atoms with E-state index in [9.17, 15) is 19.5 Å². The first-order valence-corrected chi connectivity index (χ1v) is 12.6. The van der Waals surface area contributed by atoms with Crippen molar-refractivity contribution < 1.29 is 29.0 Å². The standard InChI is InChI=1S/C26H33ClN2O6/c1-4-13-28(21-16(3)9-8-10-17(21)27)24(32)22-26-12-11-18(35-26)19(25(33)34-5-2)20(26)23(31)29(22)14-6-7-15-30/h4,8-10,18-20,22,30H,1,5-7,11-15H2,2-3H3/t18-,19+,20+,22-,26+/m1/s1. The molecule has 3 heterocycles. The number of carbonyl (C=O) groups excluding carboxylic acids is 3. The highest BCUT2D eigenvalue weighted by Crippen LogP contribution is 2.59. The van der Waals surface area contributed by atoms with E-state index in [4.69, 9.17) is 21.1 Å². The summed E-state index contributed by atoms with van der Waals surface area (Å²) in [5, 5.41) is 9.72. The average molecular weight is 505 g/mol. The van der Waals surface area contributed by atoms with E-state index in [1.54, 1.807) is 28.9 Å². The van der Waals surface area contributed by atoms with E-state index in [2.05, 4.69) is 6.58 Å². The van der Waals surface area contributed by atoms with E-state index in [1.807, 2.05) is 19.1 Å². The molecule has 35 heavy (non-hydrogen) atoms. The van der Waals surface area contributed by atoms with Crippen molar-refractivity contribution in [2.75, 3.05) is 31.2 Å². The third-order valence-electron chi connectivity index (χ3n) is 7.44. The molecule has 0 unspecified atom stereocenters. The summed E-state index contributed by atoms with van der Waals surface area (Å²) in [5.74, 6) is -2.54. The number of halogens is 1. The number of hydrogen-bond donors (Lipinski definition) is 1. The lowest BCUT2D eigenvalue weighted by Gasteiger charge is -2.37. The number of carbonyl (C=O) groups is 3. The molecule has 0 aliphatic carbocycles. The number of aliphatic hydroxyl groups excluding tert-OH is 1. The van der Waals surface area contributed by atoms with Crippen LogP contribution in [0.2, 0.25) is 5.02 Å². The fraction of sp³-hybridized carbons (Fsp3) is 0.577. The zero-order chi connectivity index (χ0) is 25.3. The monoisotopic (exact) mass is 504 g/mol. The Labute approximate surface area is 210 Å². The quantitative estimate of drug-likeness (QED) is 0.299. The summed E-state index contributed by atoms with van der Waals surface area (Å²) in [5.41, 5.74) is 0.277. The molecule has 0 radical (unpaired) electrons. The molecule has 0 saturated carbocycles. The third kappa shape index (κ3) is 4.15. The normalized spacial score (nSPS) is 28.8. The maximum absolute atomic E-state index is 14.3. The van der Waals surface area contributed by atoms with Gasteiger partial charge in [0, 0.05) is 19.7 Å². The van der Waals surface area contributed by atoms with Crippen LogP contribution in [-0.2, 0) is 23.9 Å². The Balaban J connectivity index is 1.78. The molecule has 5 atom stereocenters. The second kappa shape index (κ2) is 10.3. The number of likely N-dealkylation sites (tertiary alicyclic amines) is 1. The fourth-order valence-electron chi connectivity index (χ4n) is 6.11. The van der Waals surface area contributed by atoms with Gasteiger partial charge in [0.25, 0.3) is 5.91 Å². The molecule has 4 rings (SSSR count). The SMILES string of the molecule is C=CCN(C(=O)[C@H]1N(CCCCO)C(=O)[C@@H]2[C@@H](C(=O)OCC)[C@H]3CC[C@]21O3)c1c(C)cccc1Cl. The smallest absolute Gasteiger partial charge is 0.312 e. The second-order valence-electron chi connectivity index (χ2n) is 9.41. The molecule has 1 N–H and O–H groups in total. The lowest BCUT2D eigenvalue weighted by atomic mass is 9.70. The number of ether oxygens (including phenoxy) is 2. The van der Waals surface area contributed by atoms with Crippen molar-refractivity contribution in [3.05, 3.63) is 41.4 Å². The number of amides is 2. The first kappa shape index (κ1) is 25.7. The predicted octanol–water partition coefficient (Wildman–Crippen LogP) is 2.88. The van der Waals surface area contributed by atoms with Crippen LogP contribution >= 0.6 is 11.6 Å². The molecule has 1 aromatic carbocycles. The van der Waals surface area contributed by atoms with E-state index in [0.717, 1.165) is 5.56 Å². The summed E-state index contributed by atoms with van der Waals surface area (Å²) in [4.78, 5) is 44.1. The first-order valence-electron chi connectivity index (χ1n) is 12.3. The van der Waals surface area contributed by atoms with Gasteiger partial charge in [0.05, 0.1) is 35.3 Å². The Morgan fingerprint density at radius 1 is 1.40 bits per heavy atom. The van der Waals surface area contributed by atoms with Crippen LogP contribution in [0.15, 0.2) is 30.9 Å². The fourth-order valence-corrected chi connectivity index (χ4v) is 6.43. The van der Waals surface area contributed by atoms with E-state index < -0.39 is 35.6 Å². The number of nitrogens with zero attached hydrogens (tertiary/aromatic N) is 2. The van der Waals surface area contributed by atoms with E-state index >= 15 is 0 Å². The Morgan fingerprint density at radius 3 is 2.83 bits per heavy atom. The van der Waals surface area contributed by atoms with Crippen molar-refractivity contribution in [1.82, 2.24) is 4.90 Å². The van der Waals surface area contributed by atoms with Crippen LogP contribution in [0.1, 0.15) is 38.2 Å². The maximum Gasteiger partial charge on any atom is 0.312 e. The molecule has 3 aliphatic rings. The first-order chi connectivity index (χ1) is 16.8. The molecule has 1 aromatic rings. The topological polar surface area (TPSA) is 96.4 Å². The van der Waals surface area contributed by atoms with Crippen molar-refractivity contribution in [3.8, 4) is 0 Å². The predicted molar refractivity (Wildman–Crippen MR) is 131 cm³/mol. The van der Waals surface area contributed by atoms with Crippen LogP contribution in [-0.4, -0.2) is 71.8 Å². The zero-order valence-electron chi connectivity index (χ0n) is 20.2. The van der Waals surface area contributed by atoms with Gasteiger partial charge in [0.2, 0.25) is 5.91 Å². The molecule has 8 nitrogen and oxygen atoms in total. The molecule has 3 aliphatic heterocycles. The van der Waals surface area contributed by atoms with Gasteiger partial charge in [0.1, 0.15) is 11.6 Å². The molecule has 1 spiro atoms. The summed E-state index contributed by atoms with van der Waals surface area (Å²) < 4.78 is 11.7. The Hall–Kier alpha value is -2.42. The summed E-state index contributed by atoms with van der Waals surface area (Å²) >= 11 is 6.54. The summed E-state index contributed by atoms with van der Waals surface area (Å²) in [6, 6.07) is 4.50. The van der Waals surface area contributed by atoms with Crippen LogP contribution in [0.4, 0.5) is 5.69 Å². The van der Waals surface area contributed by atoms with Crippen LogP contribution < -0.4 is 4.90 Å². The van der Waals surface area contributed by atoms with Gasteiger partial charge in [-0.05, 0) is 51.2 Å². The number of hydrogen-bond acceptors (Lipinski definition) is 6. The van der Waals surface area contributed by atoms with Gasteiger partial charge in [-0.25, -0.2) is 0 Å². The number of fused-ring (bicyclic) bond motifs is 1. The van der Waals surface area contributed by atoms with Gasteiger partial charge >= 0.3 is 5.97 Å². The zero-order valence-corrected chi connectivity index (χ0v) is 21.0. The van der Waals surface area contributed by atoms with Gasteiger partial charge in [0.15, 0.2) is 0 Å². The van der Waals surface area contributed by atoms with Gasteiger partial charge in [-0.15, -0.1) is 6.58 Å². The lowest BCUT2D eigenvalue weighted by Crippen LogP contribution is -2.56. The number of aliphatic hydroxyl groups is 1. The molecule has 9 heteroatoms. The number of aryl methyl sites for hydroxylation is 1. The number of rotatable bonds is 10. The molecule has 2 bridgehead atoms. The van der Waals surface area contributed by atoms with Gasteiger partial charge in [-0.3, -0.25) is 14.4 Å². The molecular weight excluding hydrogens is 472 g/mol. The molecule has 190 valence electrons.